The highest BCUT2D eigenvalue weighted by Gasteiger charge is 2.16. The van der Waals surface area contributed by atoms with Gasteiger partial charge in [0.15, 0.2) is 0 Å². The molecule has 4 nitrogen and oxygen atoms in total. The zero-order valence-electron chi connectivity index (χ0n) is 10.8. The summed E-state index contributed by atoms with van der Waals surface area (Å²) in [5.41, 5.74) is 0.801. The van der Waals surface area contributed by atoms with Gasteiger partial charge in [-0.25, -0.2) is 4.39 Å². The Bertz CT molecular complexity index is 732. The third-order valence-electron chi connectivity index (χ3n) is 2.85. The maximum absolute atomic E-state index is 13.9. The van der Waals surface area contributed by atoms with Gasteiger partial charge in [0.2, 0.25) is 11.6 Å². The molecule has 0 saturated heterocycles. The molecule has 0 spiro atoms. The van der Waals surface area contributed by atoms with E-state index in [0.29, 0.717) is 15.1 Å². The fourth-order valence-corrected chi connectivity index (χ4v) is 3.29. The summed E-state index contributed by atoms with van der Waals surface area (Å²) in [4.78, 5) is 0. The zero-order valence-corrected chi connectivity index (χ0v) is 14.7. The Hall–Kier alpha value is -1.44. The second-order valence-corrected chi connectivity index (χ2v) is 6.36. The first-order valence-corrected chi connectivity index (χ1v) is 8.00. The first kappa shape index (κ1) is 15.5. The lowest BCUT2D eigenvalue weighted by Crippen LogP contribution is -2.01. The van der Waals surface area contributed by atoms with Crippen molar-refractivity contribution in [3.63, 3.8) is 0 Å². The third-order valence-corrected chi connectivity index (χ3v) is 4.49. The molecule has 3 rings (SSSR count). The van der Waals surface area contributed by atoms with Crippen LogP contribution in [0.15, 0.2) is 45.3 Å². The van der Waals surface area contributed by atoms with Gasteiger partial charge in [0, 0.05) is 8.95 Å². The molecule has 0 aliphatic rings. The van der Waals surface area contributed by atoms with Crippen LogP contribution in [0.2, 0.25) is 5.02 Å². The van der Waals surface area contributed by atoms with Crippen molar-refractivity contribution < 1.29 is 4.39 Å². The molecule has 0 saturated carbocycles. The molecule has 3 aromatic rings. The molecule has 0 bridgehead atoms. The average molecular weight is 444 g/mol. The molecule has 8 heteroatoms. The van der Waals surface area contributed by atoms with Crippen LogP contribution >= 0.6 is 43.5 Å². The van der Waals surface area contributed by atoms with Gasteiger partial charge in [-0.1, -0.05) is 23.7 Å². The Morgan fingerprint density at radius 2 is 1.27 bits per heavy atom. The summed E-state index contributed by atoms with van der Waals surface area (Å²) in [5, 5.41) is 16.4. The Balaban J connectivity index is 2.08. The predicted octanol–water partition coefficient (Wildman–Crippen LogP) is 4.92. The molecule has 0 radical (unpaired) electrons. The Morgan fingerprint density at radius 3 is 1.82 bits per heavy atom. The molecule has 0 fully saturated rings. The van der Waals surface area contributed by atoms with Gasteiger partial charge < -0.3 is 0 Å². The SMILES string of the molecule is Fc1cccc(Br)c1-c1nnc(-c2c(Cl)cccc2Br)nn1. The highest BCUT2D eigenvalue weighted by molar-refractivity contribution is 9.11. The number of halogens is 4. The first-order chi connectivity index (χ1) is 10.6. The van der Waals surface area contributed by atoms with Gasteiger partial charge in [-0.05, 0) is 56.1 Å². The number of benzene rings is 2. The van der Waals surface area contributed by atoms with Gasteiger partial charge in [-0.2, -0.15) is 0 Å². The van der Waals surface area contributed by atoms with E-state index in [2.05, 4.69) is 52.3 Å². The fourth-order valence-electron chi connectivity index (χ4n) is 1.85. The van der Waals surface area contributed by atoms with E-state index in [9.17, 15) is 4.39 Å². The lowest BCUT2D eigenvalue weighted by molar-refractivity contribution is 0.627. The summed E-state index contributed by atoms with van der Waals surface area (Å²) >= 11 is 12.8. The van der Waals surface area contributed by atoms with Crippen molar-refractivity contribution in [1.82, 2.24) is 20.4 Å². The molecule has 0 atom stereocenters. The summed E-state index contributed by atoms with van der Waals surface area (Å²) in [7, 11) is 0. The molecule has 0 N–H and O–H groups in total. The topological polar surface area (TPSA) is 51.6 Å². The molecule has 0 unspecified atom stereocenters. The molecule has 2 aromatic carbocycles. The van der Waals surface area contributed by atoms with Crippen LogP contribution < -0.4 is 0 Å². The van der Waals surface area contributed by atoms with Crippen LogP contribution in [0.1, 0.15) is 0 Å². The summed E-state index contributed by atoms with van der Waals surface area (Å²) in [6.45, 7) is 0. The van der Waals surface area contributed by atoms with E-state index in [1.807, 2.05) is 6.07 Å². The van der Waals surface area contributed by atoms with Crippen molar-refractivity contribution in [1.29, 1.82) is 0 Å². The van der Waals surface area contributed by atoms with E-state index < -0.39 is 5.82 Å². The van der Waals surface area contributed by atoms with E-state index >= 15 is 0 Å². The third kappa shape index (κ3) is 2.88. The zero-order chi connectivity index (χ0) is 15.7. The number of hydrogen-bond acceptors (Lipinski definition) is 4. The molecular formula is C14H6Br2ClFN4. The minimum absolute atomic E-state index is 0.0944. The fraction of sp³-hybridized carbons (Fsp3) is 0. The Labute approximate surface area is 147 Å². The predicted molar refractivity (Wildman–Crippen MR) is 88.9 cm³/mol. The van der Waals surface area contributed by atoms with Crippen molar-refractivity contribution >= 4 is 43.5 Å². The monoisotopic (exact) mass is 442 g/mol. The molecule has 22 heavy (non-hydrogen) atoms. The molecule has 0 aliphatic heterocycles. The molecular weight excluding hydrogens is 438 g/mol. The van der Waals surface area contributed by atoms with E-state index in [0.717, 1.165) is 4.47 Å². The standard InChI is InChI=1S/C14H6Br2ClFN4/c15-7-3-1-5-9(17)11(7)13-19-21-14(22-20-13)12-8(16)4-2-6-10(12)18/h1-6H. The minimum Gasteiger partial charge on any atom is -0.206 e. The summed E-state index contributed by atoms with van der Waals surface area (Å²) in [5.74, 6) is -0.102. The Morgan fingerprint density at radius 1 is 0.773 bits per heavy atom. The van der Waals surface area contributed by atoms with Crippen molar-refractivity contribution in [2.24, 2.45) is 0 Å². The van der Waals surface area contributed by atoms with E-state index in [-0.39, 0.29) is 17.2 Å². The maximum Gasteiger partial charge on any atom is 0.207 e. The Kier molecular flexibility index (Phi) is 4.46. The lowest BCUT2D eigenvalue weighted by atomic mass is 10.2. The van der Waals surface area contributed by atoms with E-state index in [1.165, 1.54) is 6.07 Å². The number of aromatic nitrogens is 4. The normalized spacial score (nSPS) is 10.7. The van der Waals surface area contributed by atoms with Crippen LogP contribution in [-0.2, 0) is 0 Å². The van der Waals surface area contributed by atoms with Crippen molar-refractivity contribution in [3.05, 3.63) is 56.2 Å². The summed E-state index contributed by atoms with van der Waals surface area (Å²) in [6, 6.07) is 9.92. The van der Waals surface area contributed by atoms with Gasteiger partial charge >= 0.3 is 0 Å². The molecule has 1 aromatic heterocycles. The van der Waals surface area contributed by atoms with Crippen molar-refractivity contribution in [2.75, 3.05) is 0 Å². The second kappa shape index (κ2) is 6.36. The summed E-state index contributed by atoms with van der Waals surface area (Å²) < 4.78 is 15.1. The number of hydrogen-bond donors (Lipinski definition) is 0. The molecule has 1 heterocycles. The second-order valence-electron chi connectivity index (χ2n) is 4.24. The average Bonchev–Trinajstić information content (AvgIpc) is 2.48. The molecule has 0 amide bonds. The van der Waals surface area contributed by atoms with Crippen LogP contribution in [0.4, 0.5) is 4.39 Å². The van der Waals surface area contributed by atoms with Gasteiger partial charge in [-0.3, -0.25) is 0 Å². The molecule has 110 valence electrons. The van der Waals surface area contributed by atoms with Gasteiger partial charge in [0.25, 0.3) is 0 Å². The largest absolute Gasteiger partial charge is 0.207 e. The highest BCUT2D eigenvalue weighted by Crippen LogP contribution is 2.33. The van der Waals surface area contributed by atoms with Crippen LogP contribution in [0, 0.1) is 5.82 Å². The minimum atomic E-state index is -0.454. The highest BCUT2D eigenvalue weighted by atomic mass is 79.9. The van der Waals surface area contributed by atoms with Gasteiger partial charge in [0.05, 0.1) is 16.1 Å². The molecule has 0 aliphatic carbocycles. The van der Waals surface area contributed by atoms with Crippen LogP contribution in [0.25, 0.3) is 22.8 Å². The van der Waals surface area contributed by atoms with E-state index in [1.54, 1.807) is 24.3 Å². The van der Waals surface area contributed by atoms with Gasteiger partial charge in [0.1, 0.15) is 5.82 Å². The van der Waals surface area contributed by atoms with Crippen molar-refractivity contribution in [3.8, 4) is 22.8 Å². The smallest absolute Gasteiger partial charge is 0.206 e. The van der Waals surface area contributed by atoms with Crippen molar-refractivity contribution in [2.45, 2.75) is 0 Å². The quantitative estimate of drug-likeness (QED) is 0.563. The number of rotatable bonds is 2. The number of nitrogens with zero attached hydrogens (tertiary/aromatic N) is 4. The van der Waals surface area contributed by atoms with Gasteiger partial charge in [-0.15, -0.1) is 20.4 Å². The van der Waals surface area contributed by atoms with Crippen LogP contribution in [0.3, 0.4) is 0 Å². The first-order valence-electron chi connectivity index (χ1n) is 6.04. The summed E-state index contributed by atoms with van der Waals surface area (Å²) in [6.07, 6.45) is 0. The lowest BCUT2D eigenvalue weighted by Gasteiger charge is -2.06. The maximum atomic E-state index is 13.9. The van der Waals surface area contributed by atoms with Crippen LogP contribution in [-0.4, -0.2) is 20.4 Å². The van der Waals surface area contributed by atoms with Crippen LogP contribution in [0.5, 0.6) is 0 Å². The van der Waals surface area contributed by atoms with E-state index in [4.69, 9.17) is 11.6 Å².